The molecule has 3 rings (SSSR count). The third-order valence-corrected chi connectivity index (χ3v) is 4.80. The summed E-state index contributed by atoms with van der Waals surface area (Å²) in [6.45, 7) is 0. The number of hydroxylamine groups is 1. The number of rotatable bonds is 7. The second kappa shape index (κ2) is 8.73. The molecule has 0 aliphatic heterocycles. The summed E-state index contributed by atoms with van der Waals surface area (Å²) in [5, 5.41) is 0.224. The Morgan fingerprint density at radius 2 is 1.26 bits per heavy atom. The van der Waals surface area contributed by atoms with E-state index in [-0.39, 0.29) is 22.1 Å². The molecule has 6 nitrogen and oxygen atoms in total. The number of hydrogen-bond acceptors (Lipinski definition) is 5. The summed E-state index contributed by atoms with van der Waals surface area (Å²) < 4.78 is 28.9. The van der Waals surface area contributed by atoms with Crippen molar-refractivity contribution in [1.29, 1.82) is 0 Å². The van der Waals surface area contributed by atoms with Crippen molar-refractivity contribution in [2.24, 2.45) is 0 Å². The first-order chi connectivity index (χ1) is 13.1. The summed E-state index contributed by atoms with van der Waals surface area (Å²) >= 11 is 5.98. The third kappa shape index (κ3) is 5.34. The molecule has 3 aromatic rings. The second-order valence-corrected chi connectivity index (χ2v) is 7.11. The molecule has 0 saturated carbocycles. The van der Waals surface area contributed by atoms with Crippen LogP contribution < -0.4 is 14.5 Å². The number of para-hydroxylation sites is 2. The highest BCUT2D eigenvalue weighted by Gasteiger charge is 2.33. The monoisotopic (exact) mass is 403 g/mol. The third-order valence-electron chi connectivity index (χ3n) is 3.29. The number of nitrogens with one attached hydrogen (secondary N) is 1. The smallest absolute Gasteiger partial charge is 0.394 e. The van der Waals surface area contributed by atoms with Crippen molar-refractivity contribution in [3.05, 3.63) is 95.5 Å². The maximum absolute atomic E-state index is 13.1. The van der Waals surface area contributed by atoms with Crippen LogP contribution in [0.5, 0.6) is 11.5 Å². The van der Waals surface area contributed by atoms with Gasteiger partial charge in [-0.2, -0.15) is 0 Å². The molecule has 0 atom stereocenters. The highest BCUT2D eigenvalue weighted by Crippen LogP contribution is 2.48. The fraction of sp³-hybridized carbons (Fsp3) is 0. The minimum Gasteiger partial charge on any atom is -0.394 e. The number of amides is 1. The quantitative estimate of drug-likeness (QED) is 0.430. The van der Waals surface area contributed by atoms with Gasteiger partial charge in [-0.15, -0.1) is 4.62 Å². The second-order valence-electron chi connectivity index (χ2n) is 5.26. The van der Waals surface area contributed by atoms with Gasteiger partial charge in [0.15, 0.2) is 0 Å². The van der Waals surface area contributed by atoms with Crippen LogP contribution in [0.2, 0.25) is 5.02 Å². The Labute approximate surface area is 161 Å². The summed E-state index contributed by atoms with van der Waals surface area (Å²) in [7, 11) is -4.23. The van der Waals surface area contributed by atoms with Gasteiger partial charge in [-0.3, -0.25) is 4.79 Å². The van der Waals surface area contributed by atoms with E-state index in [4.69, 9.17) is 25.3 Å². The van der Waals surface area contributed by atoms with Gasteiger partial charge < -0.3 is 9.05 Å². The molecule has 0 saturated heterocycles. The standard InChI is InChI=1S/C19H15ClNO5P/c20-18-14-8-7-13-17(18)19(22)21-26-27(23,24-15-9-3-1-4-10-15)25-16-11-5-2-6-12-16/h1-14H,(H,21,22). The lowest BCUT2D eigenvalue weighted by atomic mass is 10.2. The van der Waals surface area contributed by atoms with Gasteiger partial charge in [0, 0.05) is 0 Å². The molecular weight excluding hydrogens is 389 g/mol. The lowest BCUT2D eigenvalue weighted by Gasteiger charge is -2.18. The molecule has 0 unspecified atom stereocenters. The van der Waals surface area contributed by atoms with Crippen LogP contribution in [0.1, 0.15) is 10.4 Å². The van der Waals surface area contributed by atoms with Crippen molar-refractivity contribution < 1.29 is 23.0 Å². The number of benzene rings is 3. The van der Waals surface area contributed by atoms with E-state index in [1.165, 1.54) is 6.07 Å². The molecule has 1 amide bonds. The predicted molar refractivity (Wildman–Crippen MR) is 102 cm³/mol. The zero-order valence-corrected chi connectivity index (χ0v) is 15.6. The van der Waals surface area contributed by atoms with Crippen LogP contribution in [-0.2, 0) is 9.19 Å². The van der Waals surface area contributed by atoms with E-state index in [0.717, 1.165) is 0 Å². The Kier molecular flexibility index (Phi) is 6.14. The van der Waals surface area contributed by atoms with E-state index in [9.17, 15) is 9.36 Å². The minimum atomic E-state index is -4.23. The lowest BCUT2D eigenvalue weighted by molar-refractivity contribution is 0.0685. The first-order valence-electron chi connectivity index (χ1n) is 7.88. The van der Waals surface area contributed by atoms with Gasteiger partial charge in [0.25, 0.3) is 5.91 Å². The van der Waals surface area contributed by atoms with Crippen molar-refractivity contribution in [2.75, 3.05) is 0 Å². The van der Waals surface area contributed by atoms with E-state index >= 15 is 0 Å². The van der Waals surface area contributed by atoms with E-state index in [1.54, 1.807) is 78.9 Å². The molecule has 0 heterocycles. The molecular formula is C19H15ClNO5P. The molecule has 0 aliphatic rings. The summed E-state index contributed by atoms with van der Waals surface area (Å²) in [6.07, 6.45) is 0. The Morgan fingerprint density at radius 1 is 0.778 bits per heavy atom. The van der Waals surface area contributed by atoms with Gasteiger partial charge in [0.2, 0.25) is 0 Å². The van der Waals surface area contributed by atoms with Gasteiger partial charge in [0.05, 0.1) is 10.6 Å². The number of hydrogen-bond donors (Lipinski definition) is 1. The van der Waals surface area contributed by atoms with Crippen molar-refractivity contribution in [2.45, 2.75) is 0 Å². The highest BCUT2D eigenvalue weighted by atomic mass is 35.5. The van der Waals surface area contributed by atoms with Crippen LogP contribution in [0.25, 0.3) is 0 Å². The van der Waals surface area contributed by atoms with Crippen LogP contribution in [0.4, 0.5) is 0 Å². The molecule has 0 aromatic heterocycles. The first kappa shape index (κ1) is 19.0. The molecule has 8 heteroatoms. The topological polar surface area (TPSA) is 73.9 Å². The summed E-state index contributed by atoms with van der Waals surface area (Å²) in [6, 6.07) is 23.1. The minimum absolute atomic E-state index is 0.158. The molecule has 1 N–H and O–H groups in total. The van der Waals surface area contributed by atoms with Gasteiger partial charge in [-0.1, -0.05) is 60.1 Å². The van der Waals surface area contributed by atoms with E-state index in [1.807, 2.05) is 0 Å². The van der Waals surface area contributed by atoms with Gasteiger partial charge in [-0.25, -0.2) is 10.0 Å². The molecule has 27 heavy (non-hydrogen) atoms. The summed E-state index contributed by atoms with van der Waals surface area (Å²) in [4.78, 5) is 12.3. The highest BCUT2D eigenvalue weighted by molar-refractivity contribution is 7.49. The zero-order chi connectivity index (χ0) is 19.1. The van der Waals surface area contributed by atoms with Crippen LogP contribution in [0.15, 0.2) is 84.9 Å². The van der Waals surface area contributed by atoms with E-state index in [0.29, 0.717) is 0 Å². The van der Waals surface area contributed by atoms with Gasteiger partial charge >= 0.3 is 7.82 Å². The van der Waals surface area contributed by atoms with Gasteiger partial charge in [0.1, 0.15) is 11.5 Å². The predicted octanol–water partition coefficient (Wildman–Crippen LogP) is 5.27. The maximum atomic E-state index is 13.1. The van der Waals surface area contributed by atoms with E-state index in [2.05, 4.69) is 5.48 Å². The van der Waals surface area contributed by atoms with Crippen molar-refractivity contribution in [1.82, 2.24) is 5.48 Å². The number of phosphoric ester groups is 1. The largest absolute Gasteiger partial charge is 0.609 e. The maximum Gasteiger partial charge on any atom is 0.609 e. The Morgan fingerprint density at radius 3 is 1.78 bits per heavy atom. The number of phosphoric acid groups is 1. The average Bonchev–Trinajstić information content (AvgIpc) is 2.68. The molecule has 0 fully saturated rings. The summed E-state index contributed by atoms with van der Waals surface area (Å²) in [5.41, 5.74) is 2.24. The number of halogens is 1. The van der Waals surface area contributed by atoms with Crippen molar-refractivity contribution in [3.63, 3.8) is 0 Å². The molecule has 0 radical (unpaired) electrons. The Bertz CT molecular complexity index is 907. The van der Waals surface area contributed by atoms with Crippen LogP contribution >= 0.6 is 19.4 Å². The molecule has 138 valence electrons. The molecule has 0 aliphatic carbocycles. The van der Waals surface area contributed by atoms with Crippen LogP contribution in [0, 0.1) is 0 Å². The Balaban J connectivity index is 1.78. The van der Waals surface area contributed by atoms with Crippen LogP contribution in [0.3, 0.4) is 0 Å². The SMILES string of the molecule is O=C(NOP(=O)(Oc1ccccc1)Oc1ccccc1)c1ccccc1Cl. The summed E-state index contributed by atoms with van der Waals surface area (Å²) in [5.74, 6) is -0.179. The van der Waals surface area contributed by atoms with Crippen LogP contribution in [-0.4, -0.2) is 5.91 Å². The fourth-order valence-electron chi connectivity index (χ4n) is 2.07. The first-order valence-corrected chi connectivity index (χ1v) is 9.72. The zero-order valence-electron chi connectivity index (χ0n) is 13.9. The molecule has 0 bridgehead atoms. The fourth-order valence-corrected chi connectivity index (χ4v) is 3.36. The molecule has 3 aromatic carbocycles. The Hall–Kier alpha value is -2.79. The number of carbonyl (C=O) groups excluding carboxylic acids is 1. The van der Waals surface area contributed by atoms with E-state index < -0.39 is 13.7 Å². The van der Waals surface area contributed by atoms with Gasteiger partial charge in [-0.05, 0) is 36.4 Å². The van der Waals surface area contributed by atoms with Crippen molar-refractivity contribution >= 4 is 25.3 Å². The molecule has 0 spiro atoms. The van der Waals surface area contributed by atoms with Crippen molar-refractivity contribution in [3.8, 4) is 11.5 Å². The lowest BCUT2D eigenvalue weighted by Crippen LogP contribution is -2.25. The average molecular weight is 404 g/mol. The number of carbonyl (C=O) groups is 1. The normalized spacial score (nSPS) is 10.9.